The van der Waals surface area contributed by atoms with Crippen molar-refractivity contribution >= 4 is 39.3 Å². The summed E-state index contributed by atoms with van der Waals surface area (Å²) in [7, 11) is 1.51. The standard InChI is InChI=1S/C25H20BrF2N3O6/c1-36-16-8-6-14(7-9-16)13-37-25(33)29-23-17(22-18(27)10-15(26)11-19(22)28)12-30(24(23)32)20-4-2-3-5-21(20)31(34)35/h2-11,17,23H,12-13H2,1H3,(H,29,33)/t17-,23-/m0/s1. The highest BCUT2D eigenvalue weighted by Crippen LogP contribution is 2.39. The van der Waals surface area contributed by atoms with Crippen LogP contribution in [0.2, 0.25) is 0 Å². The molecule has 1 heterocycles. The zero-order chi connectivity index (χ0) is 26.7. The normalized spacial score (nSPS) is 17.0. The zero-order valence-corrected chi connectivity index (χ0v) is 20.9. The van der Waals surface area contributed by atoms with E-state index in [0.717, 1.165) is 17.0 Å². The summed E-state index contributed by atoms with van der Waals surface area (Å²) in [6.45, 7) is -0.459. The van der Waals surface area contributed by atoms with E-state index in [1.807, 2.05) is 0 Å². The number of ether oxygens (including phenoxy) is 2. The van der Waals surface area contributed by atoms with Gasteiger partial charge in [0, 0.05) is 28.6 Å². The van der Waals surface area contributed by atoms with E-state index in [1.165, 1.54) is 31.4 Å². The molecule has 1 N–H and O–H groups in total. The molecule has 2 amide bonds. The summed E-state index contributed by atoms with van der Waals surface area (Å²) >= 11 is 3.02. The molecule has 1 aliphatic heterocycles. The minimum absolute atomic E-state index is 0.0590. The molecule has 12 heteroatoms. The number of rotatable bonds is 7. The molecule has 1 fully saturated rings. The molecule has 0 aliphatic carbocycles. The van der Waals surface area contributed by atoms with Crippen molar-refractivity contribution in [3.05, 3.63) is 98.0 Å². The van der Waals surface area contributed by atoms with Crippen LogP contribution in [-0.2, 0) is 16.1 Å². The molecule has 192 valence electrons. The van der Waals surface area contributed by atoms with Gasteiger partial charge < -0.3 is 19.7 Å². The summed E-state index contributed by atoms with van der Waals surface area (Å²) in [6, 6.07) is 12.8. The summed E-state index contributed by atoms with van der Waals surface area (Å²) in [5.74, 6) is -3.24. The van der Waals surface area contributed by atoms with Crippen LogP contribution in [0, 0.1) is 21.7 Å². The van der Waals surface area contributed by atoms with E-state index >= 15 is 0 Å². The first-order valence-corrected chi connectivity index (χ1v) is 11.7. The minimum atomic E-state index is -1.45. The van der Waals surface area contributed by atoms with Gasteiger partial charge in [0.1, 0.15) is 35.7 Å². The predicted octanol–water partition coefficient (Wildman–Crippen LogP) is 5.07. The number of amides is 2. The molecule has 1 aliphatic rings. The Hall–Kier alpha value is -4.06. The van der Waals surface area contributed by atoms with Crippen molar-refractivity contribution in [3.63, 3.8) is 0 Å². The van der Waals surface area contributed by atoms with Crippen molar-refractivity contribution in [2.45, 2.75) is 18.6 Å². The Morgan fingerprint density at radius 1 is 1.16 bits per heavy atom. The molecule has 2 atom stereocenters. The van der Waals surface area contributed by atoms with Gasteiger partial charge in [-0.25, -0.2) is 13.6 Å². The van der Waals surface area contributed by atoms with E-state index in [-0.39, 0.29) is 29.0 Å². The fourth-order valence-electron chi connectivity index (χ4n) is 4.16. The molecular weight excluding hydrogens is 556 g/mol. The zero-order valence-electron chi connectivity index (χ0n) is 19.3. The van der Waals surface area contributed by atoms with Crippen molar-refractivity contribution in [2.24, 2.45) is 0 Å². The number of hydrogen-bond donors (Lipinski definition) is 1. The molecule has 37 heavy (non-hydrogen) atoms. The number of benzene rings is 3. The third-order valence-electron chi connectivity index (χ3n) is 5.90. The lowest BCUT2D eigenvalue weighted by molar-refractivity contribution is -0.384. The number of alkyl carbamates (subject to hydrolysis) is 1. The molecule has 0 saturated carbocycles. The monoisotopic (exact) mass is 575 g/mol. The van der Waals surface area contributed by atoms with Crippen molar-refractivity contribution in [1.82, 2.24) is 5.32 Å². The van der Waals surface area contributed by atoms with Crippen LogP contribution in [0.4, 0.5) is 25.0 Å². The number of anilines is 1. The maximum atomic E-state index is 14.9. The summed E-state index contributed by atoms with van der Waals surface area (Å²) in [5.41, 5.74) is -0.222. The van der Waals surface area contributed by atoms with Gasteiger partial charge in [-0.15, -0.1) is 0 Å². The van der Waals surface area contributed by atoms with Gasteiger partial charge in [-0.05, 0) is 35.9 Å². The molecule has 0 spiro atoms. The van der Waals surface area contributed by atoms with Crippen molar-refractivity contribution in [2.75, 3.05) is 18.6 Å². The highest BCUT2D eigenvalue weighted by atomic mass is 79.9. The molecule has 0 radical (unpaired) electrons. The van der Waals surface area contributed by atoms with Gasteiger partial charge in [-0.1, -0.05) is 40.2 Å². The smallest absolute Gasteiger partial charge is 0.408 e. The highest BCUT2D eigenvalue weighted by molar-refractivity contribution is 9.10. The van der Waals surface area contributed by atoms with Gasteiger partial charge in [0.15, 0.2) is 0 Å². The van der Waals surface area contributed by atoms with Crippen LogP contribution in [0.1, 0.15) is 17.0 Å². The first kappa shape index (κ1) is 26.0. The number of methoxy groups -OCH3 is 1. The minimum Gasteiger partial charge on any atom is -0.497 e. The molecule has 9 nitrogen and oxygen atoms in total. The molecule has 3 aromatic rings. The number of carbonyl (C=O) groups excluding carboxylic acids is 2. The fraction of sp³-hybridized carbons (Fsp3) is 0.200. The number of halogens is 3. The van der Waals surface area contributed by atoms with Crippen LogP contribution in [-0.4, -0.2) is 36.6 Å². The van der Waals surface area contributed by atoms with Gasteiger partial charge in [-0.2, -0.15) is 0 Å². The molecule has 3 aromatic carbocycles. The SMILES string of the molecule is COc1ccc(COC(=O)N[C@@H]2C(=O)N(c3ccccc3[N+](=O)[O-])C[C@H]2c2c(F)cc(Br)cc2F)cc1. The van der Waals surface area contributed by atoms with E-state index in [2.05, 4.69) is 21.2 Å². The second kappa shape index (κ2) is 10.9. The van der Waals surface area contributed by atoms with Crippen LogP contribution in [0.5, 0.6) is 5.75 Å². The first-order chi connectivity index (χ1) is 17.7. The highest BCUT2D eigenvalue weighted by Gasteiger charge is 2.46. The van der Waals surface area contributed by atoms with Crippen LogP contribution in [0.15, 0.2) is 65.1 Å². The number of nitrogens with one attached hydrogen (secondary N) is 1. The Balaban J connectivity index is 1.63. The number of hydrogen-bond acceptors (Lipinski definition) is 6. The second-order valence-corrected chi connectivity index (χ2v) is 9.05. The van der Waals surface area contributed by atoms with Crippen molar-refractivity contribution in [3.8, 4) is 5.75 Å². The average Bonchev–Trinajstić information content (AvgIpc) is 3.17. The van der Waals surface area contributed by atoms with Gasteiger partial charge >= 0.3 is 6.09 Å². The summed E-state index contributed by atoms with van der Waals surface area (Å²) in [6.07, 6.45) is -0.999. The number of nitro groups is 1. The summed E-state index contributed by atoms with van der Waals surface area (Å²) < 4.78 is 40.3. The lowest BCUT2D eigenvalue weighted by Gasteiger charge is -2.19. The van der Waals surface area contributed by atoms with E-state index in [1.54, 1.807) is 24.3 Å². The molecule has 1 saturated heterocycles. The molecule has 4 rings (SSSR count). The third kappa shape index (κ3) is 5.53. The van der Waals surface area contributed by atoms with Gasteiger partial charge in [0.2, 0.25) is 0 Å². The Morgan fingerprint density at radius 3 is 2.43 bits per heavy atom. The van der Waals surface area contributed by atoms with Crippen LogP contribution in [0.25, 0.3) is 0 Å². The van der Waals surface area contributed by atoms with Gasteiger partial charge in [0.05, 0.1) is 12.0 Å². The van der Waals surface area contributed by atoms with Crippen LogP contribution >= 0.6 is 15.9 Å². The number of nitro benzene ring substituents is 1. The quantitative estimate of drug-likeness (QED) is 0.311. The number of carbonyl (C=O) groups is 2. The summed E-state index contributed by atoms with van der Waals surface area (Å²) in [5, 5.41) is 13.9. The second-order valence-electron chi connectivity index (χ2n) is 8.13. The van der Waals surface area contributed by atoms with E-state index < -0.39 is 46.1 Å². The lowest BCUT2D eigenvalue weighted by atomic mass is 9.93. The van der Waals surface area contributed by atoms with Gasteiger partial charge in [0.25, 0.3) is 11.6 Å². The summed E-state index contributed by atoms with van der Waals surface area (Å²) in [4.78, 5) is 37.9. The topological polar surface area (TPSA) is 111 Å². The third-order valence-corrected chi connectivity index (χ3v) is 6.36. The Labute approximate surface area is 218 Å². The number of para-hydroxylation sites is 2. The van der Waals surface area contributed by atoms with E-state index in [9.17, 15) is 28.5 Å². The fourth-order valence-corrected chi connectivity index (χ4v) is 4.57. The Bertz CT molecular complexity index is 1330. The number of nitrogens with zero attached hydrogens (tertiary/aromatic N) is 2. The maximum Gasteiger partial charge on any atom is 0.408 e. The largest absolute Gasteiger partial charge is 0.497 e. The lowest BCUT2D eigenvalue weighted by Crippen LogP contribution is -2.44. The van der Waals surface area contributed by atoms with Crippen LogP contribution in [0.3, 0.4) is 0 Å². The maximum absolute atomic E-state index is 14.9. The molecule has 0 unspecified atom stereocenters. The van der Waals surface area contributed by atoms with Crippen molar-refractivity contribution < 1.29 is 32.8 Å². The van der Waals surface area contributed by atoms with Gasteiger partial charge in [-0.3, -0.25) is 14.9 Å². The average molecular weight is 576 g/mol. The predicted molar refractivity (Wildman–Crippen MR) is 132 cm³/mol. The molecular formula is C25H20BrF2N3O6. The Kier molecular flexibility index (Phi) is 7.67. The molecule has 0 aromatic heterocycles. The Morgan fingerprint density at radius 2 is 1.81 bits per heavy atom. The van der Waals surface area contributed by atoms with Crippen molar-refractivity contribution in [1.29, 1.82) is 0 Å². The molecule has 0 bridgehead atoms. The van der Waals surface area contributed by atoms with Crippen LogP contribution < -0.4 is 15.0 Å². The first-order valence-electron chi connectivity index (χ1n) is 10.9. The van der Waals surface area contributed by atoms with E-state index in [4.69, 9.17) is 9.47 Å². The van der Waals surface area contributed by atoms with E-state index in [0.29, 0.717) is 11.3 Å².